The van der Waals surface area contributed by atoms with Crippen molar-refractivity contribution < 1.29 is 0 Å². The van der Waals surface area contributed by atoms with E-state index in [1.54, 1.807) is 6.33 Å². The quantitative estimate of drug-likeness (QED) is 0.820. The Balaban J connectivity index is 1.91. The van der Waals surface area contributed by atoms with Crippen molar-refractivity contribution in [3.63, 3.8) is 0 Å². The van der Waals surface area contributed by atoms with Crippen molar-refractivity contribution in [1.29, 1.82) is 0 Å². The fraction of sp³-hybridized carbons (Fsp3) is 0.429. The Hall–Kier alpha value is -1.68. The summed E-state index contributed by atoms with van der Waals surface area (Å²) in [6.07, 6.45) is 2.42. The van der Waals surface area contributed by atoms with E-state index in [2.05, 4.69) is 64.7 Å². The summed E-state index contributed by atoms with van der Waals surface area (Å²) >= 11 is 0. The summed E-state index contributed by atoms with van der Waals surface area (Å²) in [7, 11) is 0. The zero-order valence-corrected chi connectivity index (χ0v) is 10.9. The van der Waals surface area contributed by atoms with Crippen LogP contribution in [-0.2, 0) is 6.42 Å². The smallest absolute Gasteiger partial charge is 0.137 e. The standard InChI is InChI=1S/C14H20N4/c1-11(2)14(12-6-4-3-5-7-12)15-9-8-13-16-10-17-18-13/h3-7,10-11,14-15H,8-9H2,1-2H3,(H,16,17,18). The molecular formula is C14H20N4. The first-order valence-electron chi connectivity index (χ1n) is 6.40. The third kappa shape index (κ3) is 3.40. The summed E-state index contributed by atoms with van der Waals surface area (Å²) in [6.45, 7) is 5.37. The van der Waals surface area contributed by atoms with Gasteiger partial charge in [0.25, 0.3) is 0 Å². The van der Waals surface area contributed by atoms with E-state index in [-0.39, 0.29) is 0 Å². The number of H-pyrrole nitrogens is 1. The van der Waals surface area contributed by atoms with Gasteiger partial charge in [0.1, 0.15) is 12.2 Å². The highest BCUT2D eigenvalue weighted by molar-refractivity contribution is 5.19. The minimum atomic E-state index is 0.383. The van der Waals surface area contributed by atoms with Gasteiger partial charge in [-0.05, 0) is 11.5 Å². The number of aromatic amines is 1. The molecule has 1 unspecified atom stereocenters. The number of hydrogen-bond donors (Lipinski definition) is 2. The molecule has 96 valence electrons. The lowest BCUT2D eigenvalue weighted by atomic mass is 9.96. The fourth-order valence-corrected chi connectivity index (χ4v) is 2.10. The molecule has 1 aromatic heterocycles. The van der Waals surface area contributed by atoms with Crippen LogP contribution in [0.15, 0.2) is 36.7 Å². The first-order chi connectivity index (χ1) is 8.77. The fourth-order valence-electron chi connectivity index (χ4n) is 2.10. The molecule has 1 atom stereocenters. The van der Waals surface area contributed by atoms with Gasteiger partial charge in [-0.1, -0.05) is 44.2 Å². The molecule has 0 aliphatic heterocycles. The van der Waals surface area contributed by atoms with E-state index in [0.717, 1.165) is 18.8 Å². The van der Waals surface area contributed by atoms with Gasteiger partial charge >= 0.3 is 0 Å². The topological polar surface area (TPSA) is 53.6 Å². The Labute approximate surface area is 108 Å². The van der Waals surface area contributed by atoms with Gasteiger partial charge in [-0.3, -0.25) is 5.10 Å². The van der Waals surface area contributed by atoms with Crippen LogP contribution in [0.3, 0.4) is 0 Å². The van der Waals surface area contributed by atoms with Crippen LogP contribution in [0.1, 0.15) is 31.3 Å². The van der Waals surface area contributed by atoms with Crippen LogP contribution in [0, 0.1) is 5.92 Å². The van der Waals surface area contributed by atoms with Crippen molar-refractivity contribution in [3.8, 4) is 0 Å². The lowest BCUT2D eigenvalue weighted by Crippen LogP contribution is -2.27. The molecule has 0 amide bonds. The Morgan fingerprint density at radius 2 is 2.00 bits per heavy atom. The molecule has 2 N–H and O–H groups in total. The number of benzene rings is 1. The van der Waals surface area contributed by atoms with Gasteiger partial charge in [0.15, 0.2) is 0 Å². The Bertz CT molecular complexity index is 436. The van der Waals surface area contributed by atoms with Crippen molar-refractivity contribution in [1.82, 2.24) is 20.5 Å². The van der Waals surface area contributed by atoms with Gasteiger partial charge in [-0.25, -0.2) is 4.98 Å². The number of rotatable bonds is 6. The molecule has 0 bridgehead atoms. The number of aromatic nitrogens is 3. The summed E-state index contributed by atoms with van der Waals surface area (Å²) in [4.78, 5) is 4.12. The SMILES string of the molecule is CC(C)C(NCCc1ncn[nH]1)c1ccccc1. The lowest BCUT2D eigenvalue weighted by Gasteiger charge is -2.22. The van der Waals surface area contributed by atoms with Crippen LogP contribution in [0.2, 0.25) is 0 Å². The zero-order valence-electron chi connectivity index (χ0n) is 10.9. The highest BCUT2D eigenvalue weighted by Gasteiger charge is 2.14. The van der Waals surface area contributed by atoms with E-state index in [1.165, 1.54) is 5.56 Å². The van der Waals surface area contributed by atoms with Crippen LogP contribution in [0.4, 0.5) is 0 Å². The van der Waals surface area contributed by atoms with Crippen LogP contribution < -0.4 is 5.32 Å². The molecule has 2 aromatic rings. The Kier molecular flexibility index (Phi) is 4.47. The molecule has 0 aliphatic carbocycles. The molecule has 1 aromatic carbocycles. The molecular weight excluding hydrogens is 224 g/mol. The summed E-state index contributed by atoms with van der Waals surface area (Å²) in [5.74, 6) is 1.49. The Morgan fingerprint density at radius 3 is 2.61 bits per heavy atom. The van der Waals surface area contributed by atoms with Crippen LogP contribution >= 0.6 is 0 Å². The summed E-state index contributed by atoms with van der Waals surface area (Å²) in [6, 6.07) is 11.0. The first kappa shape index (κ1) is 12.8. The highest BCUT2D eigenvalue weighted by atomic mass is 15.2. The largest absolute Gasteiger partial charge is 0.309 e. The predicted molar refractivity (Wildman–Crippen MR) is 72.1 cm³/mol. The lowest BCUT2D eigenvalue weighted by molar-refractivity contribution is 0.413. The molecule has 0 saturated carbocycles. The van der Waals surface area contributed by atoms with E-state index in [9.17, 15) is 0 Å². The van der Waals surface area contributed by atoms with Crippen molar-refractivity contribution in [2.24, 2.45) is 5.92 Å². The summed E-state index contributed by atoms with van der Waals surface area (Å²) < 4.78 is 0. The third-order valence-corrected chi connectivity index (χ3v) is 3.02. The normalized spacial score (nSPS) is 12.8. The molecule has 0 radical (unpaired) electrons. The minimum Gasteiger partial charge on any atom is -0.309 e. The maximum atomic E-state index is 4.12. The molecule has 0 fully saturated rings. The van der Waals surface area contributed by atoms with Gasteiger partial charge in [-0.15, -0.1) is 0 Å². The van der Waals surface area contributed by atoms with Crippen molar-refractivity contribution >= 4 is 0 Å². The van der Waals surface area contributed by atoms with Gasteiger partial charge in [0.2, 0.25) is 0 Å². The number of hydrogen-bond acceptors (Lipinski definition) is 3. The molecule has 0 spiro atoms. The van der Waals surface area contributed by atoms with E-state index in [1.807, 2.05) is 0 Å². The Morgan fingerprint density at radius 1 is 1.22 bits per heavy atom. The van der Waals surface area contributed by atoms with Gasteiger partial charge in [0, 0.05) is 19.0 Å². The molecule has 0 aliphatic rings. The second kappa shape index (κ2) is 6.31. The maximum Gasteiger partial charge on any atom is 0.137 e. The number of nitrogens with zero attached hydrogens (tertiary/aromatic N) is 2. The second-order valence-corrected chi connectivity index (χ2v) is 4.77. The third-order valence-electron chi connectivity index (χ3n) is 3.02. The van der Waals surface area contributed by atoms with E-state index >= 15 is 0 Å². The summed E-state index contributed by atoms with van der Waals surface area (Å²) in [5.41, 5.74) is 1.34. The van der Waals surface area contributed by atoms with Crippen molar-refractivity contribution in [3.05, 3.63) is 48.0 Å². The molecule has 1 heterocycles. The average Bonchev–Trinajstić information content (AvgIpc) is 2.88. The molecule has 2 rings (SSSR count). The summed E-state index contributed by atoms with van der Waals surface area (Å²) in [5, 5.41) is 10.3. The van der Waals surface area contributed by atoms with Crippen LogP contribution in [-0.4, -0.2) is 21.7 Å². The monoisotopic (exact) mass is 244 g/mol. The second-order valence-electron chi connectivity index (χ2n) is 4.77. The van der Waals surface area contributed by atoms with E-state index < -0.39 is 0 Å². The average molecular weight is 244 g/mol. The van der Waals surface area contributed by atoms with Gasteiger partial charge < -0.3 is 5.32 Å². The molecule has 18 heavy (non-hydrogen) atoms. The zero-order chi connectivity index (χ0) is 12.8. The van der Waals surface area contributed by atoms with E-state index in [0.29, 0.717) is 12.0 Å². The van der Waals surface area contributed by atoms with Gasteiger partial charge in [-0.2, -0.15) is 5.10 Å². The molecule has 4 heteroatoms. The maximum absolute atomic E-state index is 4.12. The van der Waals surface area contributed by atoms with Gasteiger partial charge in [0.05, 0.1) is 0 Å². The van der Waals surface area contributed by atoms with Crippen molar-refractivity contribution in [2.75, 3.05) is 6.54 Å². The number of nitrogens with one attached hydrogen (secondary N) is 2. The van der Waals surface area contributed by atoms with E-state index in [4.69, 9.17) is 0 Å². The first-order valence-corrected chi connectivity index (χ1v) is 6.40. The highest BCUT2D eigenvalue weighted by Crippen LogP contribution is 2.20. The van der Waals surface area contributed by atoms with Crippen LogP contribution in [0.25, 0.3) is 0 Å². The minimum absolute atomic E-state index is 0.383. The molecule has 0 saturated heterocycles. The molecule has 4 nitrogen and oxygen atoms in total. The predicted octanol–water partition coefficient (Wildman–Crippen LogP) is 2.33. The van der Waals surface area contributed by atoms with Crippen molar-refractivity contribution in [2.45, 2.75) is 26.3 Å². The van der Waals surface area contributed by atoms with Crippen LogP contribution in [0.5, 0.6) is 0 Å².